The lowest BCUT2D eigenvalue weighted by molar-refractivity contribution is -0.160. The highest BCUT2D eigenvalue weighted by atomic mass is 16.6. The highest BCUT2D eigenvalue weighted by molar-refractivity contribution is 5.74. The number of carbonyl (C=O) groups excluding carboxylic acids is 2. The van der Waals surface area contributed by atoms with Gasteiger partial charge in [-0.25, -0.2) is 0 Å². The van der Waals surface area contributed by atoms with Gasteiger partial charge >= 0.3 is 5.97 Å². The Balaban J connectivity index is 4.40. The number of hydrogen-bond donors (Lipinski definition) is 2. The standard InChI is InChI=1S/C10H19N2O3/c1-10(2,3)15-9(14)7(6-11)8(12)4-5-13/h7-8H,4,6,11-12H2,1-3H3. The summed E-state index contributed by atoms with van der Waals surface area (Å²) < 4.78 is 5.13. The fourth-order valence-corrected chi connectivity index (χ4v) is 1.06. The fourth-order valence-electron chi connectivity index (χ4n) is 1.06. The van der Waals surface area contributed by atoms with Gasteiger partial charge in [-0.2, -0.15) is 0 Å². The van der Waals surface area contributed by atoms with E-state index in [9.17, 15) is 9.59 Å². The van der Waals surface area contributed by atoms with E-state index in [4.69, 9.17) is 16.2 Å². The van der Waals surface area contributed by atoms with Gasteiger partial charge in [0.25, 0.3) is 0 Å². The molecular weight excluding hydrogens is 196 g/mol. The largest absolute Gasteiger partial charge is 0.460 e. The first-order valence-electron chi connectivity index (χ1n) is 4.85. The van der Waals surface area contributed by atoms with E-state index in [0.717, 1.165) is 0 Å². The van der Waals surface area contributed by atoms with Crippen molar-refractivity contribution >= 4 is 12.3 Å². The van der Waals surface area contributed by atoms with Crippen LogP contribution in [0, 0.1) is 5.92 Å². The molecule has 2 atom stereocenters. The van der Waals surface area contributed by atoms with Crippen LogP contribution in [-0.4, -0.2) is 30.4 Å². The van der Waals surface area contributed by atoms with E-state index in [0.29, 0.717) is 0 Å². The highest BCUT2D eigenvalue weighted by Gasteiger charge is 2.28. The number of rotatable bonds is 5. The Morgan fingerprint density at radius 3 is 2.33 bits per heavy atom. The summed E-state index contributed by atoms with van der Waals surface area (Å²) in [5.41, 5.74) is 10.5. The maximum absolute atomic E-state index is 11.6. The Morgan fingerprint density at radius 1 is 1.47 bits per heavy atom. The molecule has 0 aliphatic rings. The summed E-state index contributed by atoms with van der Waals surface area (Å²) in [4.78, 5) is 21.7. The van der Waals surface area contributed by atoms with E-state index in [1.807, 2.05) is 0 Å². The molecule has 0 heterocycles. The van der Waals surface area contributed by atoms with Crippen molar-refractivity contribution in [3.05, 3.63) is 0 Å². The van der Waals surface area contributed by atoms with E-state index in [2.05, 4.69) is 0 Å². The van der Waals surface area contributed by atoms with Crippen LogP contribution in [0.1, 0.15) is 27.2 Å². The van der Waals surface area contributed by atoms with Crippen LogP contribution in [0.25, 0.3) is 0 Å². The average Bonchev–Trinajstić information content (AvgIpc) is 2.02. The summed E-state index contributed by atoms with van der Waals surface area (Å²) in [7, 11) is 0. The van der Waals surface area contributed by atoms with Gasteiger partial charge in [0.15, 0.2) is 6.29 Å². The number of nitrogens with two attached hydrogens (primary N) is 2. The van der Waals surface area contributed by atoms with Gasteiger partial charge in [0.1, 0.15) is 5.60 Å². The van der Waals surface area contributed by atoms with Crippen molar-refractivity contribution in [3.63, 3.8) is 0 Å². The van der Waals surface area contributed by atoms with Crippen molar-refractivity contribution in [2.45, 2.75) is 38.8 Å². The summed E-state index contributed by atoms with van der Waals surface area (Å²) in [5.74, 6) is -1.11. The lowest BCUT2D eigenvalue weighted by Crippen LogP contribution is -2.43. The molecule has 4 N–H and O–H groups in total. The smallest absolute Gasteiger partial charge is 0.312 e. The third-order valence-electron chi connectivity index (χ3n) is 1.80. The van der Waals surface area contributed by atoms with Gasteiger partial charge in [-0.1, -0.05) is 0 Å². The monoisotopic (exact) mass is 215 g/mol. The lowest BCUT2D eigenvalue weighted by Gasteiger charge is -2.25. The Labute approximate surface area is 90.1 Å². The molecule has 0 aromatic heterocycles. The molecule has 0 rings (SSSR count). The zero-order chi connectivity index (χ0) is 12.1. The van der Waals surface area contributed by atoms with E-state index in [1.54, 1.807) is 27.1 Å². The molecule has 0 bridgehead atoms. The maximum Gasteiger partial charge on any atom is 0.312 e. The summed E-state index contributed by atoms with van der Waals surface area (Å²) in [6.45, 7) is 5.35. The SMILES string of the molecule is CC(C)(C)OC(=O)C(CN)C(N)C[C]=O. The van der Waals surface area contributed by atoms with Crippen LogP contribution >= 0.6 is 0 Å². The molecule has 0 saturated heterocycles. The second kappa shape index (κ2) is 5.82. The first-order valence-corrected chi connectivity index (χ1v) is 4.85. The van der Waals surface area contributed by atoms with Gasteiger partial charge in [0.2, 0.25) is 0 Å². The van der Waals surface area contributed by atoms with Crippen LogP contribution in [0.5, 0.6) is 0 Å². The Morgan fingerprint density at radius 2 is 2.00 bits per heavy atom. The minimum absolute atomic E-state index is 0.0128. The van der Waals surface area contributed by atoms with Gasteiger partial charge in [-0.05, 0) is 20.8 Å². The van der Waals surface area contributed by atoms with Crippen LogP contribution in [0.4, 0.5) is 0 Å². The second-order valence-electron chi connectivity index (χ2n) is 4.39. The second-order valence-corrected chi connectivity index (χ2v) is 4.39. The molecule has 1 radical (unpaired) electrons. The lowest BCUT2D eigenvalue weighted by atomic mass is 9.98. The zero-order valence-corrected chi connectivity index (χ0v) is 9.45. The van der Waals surface area contributed by atoms with Crippen molar-refractivity contribution in [1.82, 2.24) is 0 Å². The minimum atomic E-state index is -0.648. The number of esters is 1. The molecule has 0 saturated carbocycles. The van der Waals surface area contributed by atoms with E-state index in [1.165, 1.54) is 0 Å². The third-order valence-corrected chi connectivity index (χ3v) is 1.80. The predicted octanol–water partition coefficient (Wildman–Crippen LogP) is -0.270. The quantitative estimate of drug-likeness (QED) is 0.615. The van der Waals surface area contributed by atoms with Gasteiger partial charge in [-0.3, -0.25) is 9.59 Å². The van der Waals surface area contributed by atoms with Crippen molar-refractivity contribution in [1.29, 1.82) is 0 Å². The summed E-state index contributed by atoms with van der Waals surface area (Å²) in [6.07, 6.45) is 1.65. The molecule has 0 aromatic rings. The van der Waals surface area contributed by atoms with E-state index < -0.39 is 23.5 Å². The van der Waals surface area contributed by atoms with Crippen molar-refractivity contribution in [2.24, 2.45) is 17.4 Å². The summed E-state index contributed by atoms with van der Waals surface area (Å²) in [5, 5.41) is 0. The average molecular weight is 215 g/mol. The van der Waals surface area contributed by atoms with Crippen molar-refractivity contribution < 1.29 is 14.3 Å². The summed E-state index contributed by atoms with van der Waals surface area (Å²) >= 11 is 0. The molecule has 15 heavy (non-hydrogen) atoms. The molecule has 87 valence electrons. The molecule has 0 fully saturated rings. The number of carbonyl (C=O) groups is 1. The van der Waals surface area contributed by atoms with Crippen molar-refractivity contribution in [2.75, 3.05) is 6.54 Å². The van der Waals surface area contributed by atoms with Crippen molar-refractivity contribution in [3.8, 4) is 0 Å². The molecule has 5 heteroatoms. The van der Waals surface area contributed by atoms with E-state index >= 15 is 0 Å². The first kappa shape index (κ1) is 14.1. The zero-order valence-electron chi connectivity index (χ0n) is 9.45. The summed E-state index contributed by atoms with van der Waals surface area (Å²) in [6, 6.07) is -0.623. The van der Waals surface area contributed by atoms with E-state index in [-0.39, 0.29) is 13.0 Å². The molecule has 0 aliphatic heterocycles. The maximum atomic E-state index is 11.6. The van der Waals surface area contributed by atoms with Gasteiger partial charge in [-0.15, -0.1) is 0 Å². The molecule has 0 amide bonds. The van der Waals surface area contributed by atoms with Crippen LogP contribution in [0.3, 0.4) is 0 Å². The predicted molar refractivity (Wildman–Crippen MR) is 56.7 cm³/mol. The minimum Gasteiger partial charge on any atom is -0.460 e. The molecule has 0 aliphatic carbocycles. The number of ether oxygens (including phenoxy) is 1. The van der Waals surface area contributed by atoms with Gasteiger partial charge in [0.05, 0.1) is 5.92 Å². The first-order chi connectivity index (χ1) is 6.81. The molecular formula is C10H19N2O3. The molecule has 0 spiro atoms. The number of hydrogen-bond acceptors (Lipinski definition) is 5. The molecule has 2 unspecified atom stereocenters. The Bertz CT molecular complexity index is 223. The third kappa shape index (κ3) is 5.49. The van der Waals surface area contributed by atoms with Crippen LogP contribution in [-0.2, 0) is 14.3 Å². The topological polar surface area (TPSA) is 95.4 Å². The van der Waals surface area contributed by atoms with Crippen LogP contribution < -0.4 is 11.5 Å². The van der Waals surface area contributed by atoms with Gasteiger partial charge in [0, 0.05) is 19.0 Å². The molecule has 5 nitrogen and oxygen atoms in total. The van der Waals surface area contributed by atoms with Gasteiger partial charge < -0.3 is 16.2 Å². The highest BCUT2D eigenvalue weighted by Crippen LogP contribution is 2.13. The normalized spacial score (nSPS) is 15.5. The van der Waals surface area contributed by atoms with Crippen LogP contribution in [0.2, 0.25) is 0 Å². The van der Waals surface area contributed by atoms with Crippen LogP contribution in [0.15, 0.2) is 0 Å². The Hall–Kier alpha value is -0.940. The molecule has 0 aromatic carbocycles. The Kier molecular flexibility index (Phi) is 5.46. The fraction of sp³-hybridized carbons (Fsp3) is 0.800.